The SMILES string of the molecule is FCSC(F)(F)SI(SC(F)(F)F)(SC(Cl)(Cl)Cl)(SC(Br)(Br)Br)C(I)(I)SC(F)(Cl)SC(F)(Cl)SC(I)(I)I(SC(F)(F)F)(SC(Cl)(Cl)Cl)(SC(Br)(Br)Br)SC(F)(F)SCF. The Bertz CT molecular complexity index is 1310. The summed E-state index contributed by atoms with van der Waals surface area (Å²) in [5, 5.41) is 0. The number of hydrogen-bond donors (Lipinski definition) is 0. The van der Waals surface area contributed by atoms with Crippen molar-refractivity contribution in [1.82, 2.24) is 0 Å². The van der Waals surface area contributed by atoms with Crippen LogP contribution in [0.3, 0.4) is 0 Å². The number of hydrogen-bond acceptors (Lipinski definition) is 13. The van der Waals surface area contributed by atoms with Crippen LogP contribution in [0.15, 0.2) is 0 Å². The molecule has 0 aliphatic rings. The van der Waals surface area contributed by atoms with Crippen LogP contribution in [0, 0.1) is 0 Å². The molecule has 2 atom stereocenters. The first kappa shape index (κ1) is 74.1. The van der Waals surface area contributed by atoms with Crippen molar-refractivity contribution in [2.45, 2.75) is 34.5 Å². The second kappa shape index (κ2) is 26.4. The van der Waals surface area contributed by atoms with Crippen molar-refractivity contribution in [3.05, 3.63) is 0 Å². The predicted octanol–water partition coefficient (Wildman–Crippen LogP) is 27.8. The van der Waals surface area contributed by atoms with Crippen molar-refractivity contribution in [3.8, 4) is 0 Å². The fourth-order valence-corrected chi connectivity index (χ4v) is 238. The van der Waals surface area contributed by atoms with Crippen LogP contribution in [0.4, 0.5) is 61.5 Å². The summed E-state index contributed by atoms with van der Waals surface area (Å²) in [6, 6.07) is -3.76. The van der Waals surface area contributed by atoms with Gasteiger partial charge in [-0.2, -0.15) is 0 Å². The van der Waals surface area contributed by atoms with Gasteiger partial charge in [-0.25, -0.2) is 0 Å². The second-order valence-corrected chi connectivity index (χ2v) is 139. The molecule has 0 aliphatic carbocycles. The molecule has 0 spiro atoms. The summed E-state index contributed by atoms with van der Waals surface area (Å²) in [5.74, 6) is 0. The molecular formula is C14H4Br6Cl8F14I6S13. The Morgan fingerprint density at radius 2 is 0.639 bits per heavy atom. The van der Waals surface area contributed by atoms with E-state index >= 15 is 26.3 Å². The topological polar surface area (TPSA) is 0 Å². The van der Waals surface area contributed by atoms with Gasteiger partial charge in [0.2, 0.25) is 0 Å². The molecule has 0 heterocycles. The number of rotatable bonds is 22. The van der Waals surface area contributed by atoms with Gasteiger partial charge in [0, 0.05) is 0 Å². The molecule has 47 heteroatoms. The maximum atomic E-state index is 17.0. The number of alkyl halides is 34. The molecule has 0 aliphatic heterocycles. The molecule has 0 saturated carbocycles. The Labute approximate surface area is 527 Å². The zero-order valence-corrected chi connectivity index (χ0v) is 64.7. The van der Waals surface area contributed by atoms with E-state index in [1.165, 1.54) is 0 Å². The quantitative estimate of drug-likeness (QED) is 0.0438. The summed E-state index contributed by atoms with van der Waals surface area (Å²) in [6.45, 7) is 0. The fraction of sp³-hybridized carbons (Fsp3) is 1.00. The van der Waals surface area contributed by atoms with E-state index in [1.54, 1.807) is 0 Å². The van der Waals surface area contributed by atoms with Crippen molar-refractivity contribution in [2.24, 2.45) is 0 Å². The van der Waals surface area contributed by atoms with Gasteiger partial charge in [0.25, 0.3) is 0 Å². The van der Waals surface area contributed by atoms with Crippen molar-refractivity contribution in [3.63, 3.8) is 0 Å². The van der Waals surface area contributed by atoms with Crippen LogP contribution in [0.1, 0.15) is 0 Å². The van der Waals surface area contributed by atoms with Gasteiger partial charge >= 0.3 is 540 Å². The fourth-order valence-electron chi connectivity index (χ4n) is 2.51. The molecule has 61 heavy (non-hydrogen) atoms. The molecule has 0 aromatic carbocycles. The van der Waals surface area contributed by atoms with Crippen LogP contribution in [0.25, 0.3) is 0 Å². The zero-order chi connectivity index (χ0) is 49.5. The molecule has 0 saturated heterocycles. The molecule has 0 fully saturated rings. The van der Waals surface area contributed by atoms with Gasteiger partial charge in [0.15, 0.2) is 0 Å². The summed E-state index contributed by atoms with van der Waals surface area (Å²) >= 11 is 52.1. The first-order chi connectivity index (χ1) is 26.0. The summed E-state index contributed by atoms with van der Waals surface area (Å²) in [7, 11) is -4.59. The van der Waals surface area contributed by atoms with E-state index in [4.69, 9.17) is 92.8 Å². The van der Waals surface area contributed by atoms with E-state index in [2.05, 4.69) is 95.6 Å². The van der Waals surface area contributed by atoms with E-state index in [1.807, 2.05) is 0 Å². The zero-order valence-electron chi connectivity index (χ0n) is 25.6. The molecule has 0 nitrogen and oxygen atoms in total. The summed E-state index contributed by atoms with van der Waals surface area (Å²) in [6.07, 6.45) is 0. The van der Waals surface area contributed by atoms with E-state index in [9.17, 15) is 35.1 Å². The minimum absolute atomic E-state index is 0.0233. The van der Waals surface area contributed by atoms with E-state index in [0.29, 0.717) is 0 Å². The summed E-state index contributed by atoms with van der Waals surface area (Å²) < 4.78 is 180. The molecule has 0 amide bonds. The van der Waals surface area contributed by atoms with E-state index < -0.39 is 164 Å². The van der Waals surface area contributed by atoms with Gasteiger partial charge in [-0.05, 0) is 0 Å². The Morgan fingerprint density at radius 1 is 0.393 bits per heavy atom. The van der Waals surface area contributed by atoms with Crippen LogP contribution in [-0.2, 0) is 0 Å². The van der Waals surface area contributed by atoms with Gasteiger partial charge in [0.1, 0.15) is 0 Å². The van der Waals surface area contributed by atoms with E-state index in [0.717, 1.165) is 90.4 Å². The maximum absolute atomic E-state index is 17.0. The Balaban J connectivity index is 8.33. The van der Waals surface area contributed by atoms with Gasteiger partial charge in [0.05, 0.1) is 0 Å². The third-order valence-electron chi connectivity index (χ3n) is 3.64. The van der Waals surface area contributed by atoms with Crippen molar-refractivity contribution < 1.29 is 61.5 Å². The first-order valence-electron chi connectivity index (χ1n) is 11.7. The molecule has 0 rings (SSSR count). The summed E-state index contributed by atoms with van der Waals surface area (Å²) in [4.78, 5) is 0. The number of halogens is 34. The average Bonchev–Trinajstić information content (AvgIpc) is 2.78. The third-order valence-corrected chi connectivity index (χ3v) is 179. The summed E-state index contributed by atoms with van der Waals surface area (Å²) in [5.41, 5.74) is -11.1. The van der Waals surface area contributed by atoms with Gasteiger partial charge in [-0.1, -0.05) is 0 Å². The van der Waals surface area contributed by atoms with Crippen molar-refractivity contribution >= 4 is 432 Å². The number of thioether (sulfide) groups is 5. The van der Waals surface area contributed by atoms with Crippen molar-refractivity contribution in [2.75, 3.05) is 12.0 Å². The Morgan fingerprint density at radius 3 is 0.820 bits per heavy atom. The second-order valence-electron chi connectivity index (χ2n) is 8.22. The van der Waals surface area contributed by atoms with Crippen LogP contribution in [-0.4, -0.2) is 46.5 Å². The average molecular weight is 2380 g/mol. The Hall–Kier alpha value is 13.1. The van der Waals surface area contributed by atoms with E-state index in [-0.39, 0.29) is 35.7 Å². The molecule has 0 aromatic heterocycles. The van der Waals surface area contributed by atoms with Gasteiger partial charge in [-0.3, -0.25) is 0 Å². The molecule has 376 valence electrons. The third kappa shape index (κ3) is 26.1. The monoisotopic (exact) mass is 2370 g/mol. The first-order valence-corrected chi connectivity index (χ1v) is 57.2. The van der Waals surface area contributed by atoms with Gasteiger partial charge < -0.3 is 0 Å². The molecule has 0 radical (unpaired) electrons. The normalized spacial score (nSPS) is 18.8. The van der Waals surface area contributed by atoms with Crippen molar-refractivity contribution in [1.29, 1.82) is 0 Å². The predicted molar refractivity (Wildman–Crippen MR) is 341 cm³/mol. The molecule has 0 aromatic rings. The molecule has 0 N–H and O–H groups in total. The molecule has 0 bridgehead atoms. The van der Waals surface area contributed by atoms with Gasteiger partial charge in [-0.15, -0.1) is 0 Å². The molecule has 2 unspecified atom stereocenters. The van der Waals surface area contributed by atoms with Crippen LogP contribution in [0.5, 0.6) is 0 Å². The van der Waals surface area contributed by atoms with Crippen LogP contribution >= 0.6 is 432 Å². The minimum atomic E-state index is -7.35. The Kier molecular flexibility index (Phi) is 32.1. The standard InChI is InChI=1S/C14H4Br6Cl8F14I6S13/c15-3(16,17)54-47(56-5(21,22)23,58-9(33,34)35,60-11(39,40)49-1-29)13(43,44)52-7(27,31)51-8(28,32)53-14(45,46)48(55-4(18,19)20,57-6(24,25)26,59-10(36,37)38)61-12(41,42)50-2-30/h1-2H2. The van der Waals surface area contributed by atoms with Crippen LogP contribution in [0.2, 0.25) is 0 Å². The van der Waals surface area contributed by atoms with Crippen LogP contribution < -0.4 is 0 Å². The molecular weight excluding hydrogens is 2380 g/mol.